The SMILES string of the molecule is Cc1cccc(OC(=O)C2(CNC(=O)OC(C)(C)C)CCOCC2)c1. The fraction of sp³-hybridized carbons (Fsp3) is 0.579. The number of esters is 1. The number of hydrogen-bond acceptors (Lipinski definition) is 5. The first kappa shape index (κ1) is 19.2. The van der Waals surface area contributed by atoms with E-state index in [1.54, 1.807) is 26.8 Å². The molecule has 0 atom stereocenters. The molecule has 1 aromatic carbocycles. The monoisotopic (exact) mass is 349 g/mol. The van der Waals surface area contributed by atoms with Crippen molar-refractivity contribution in [1.29, 1.82) is 0 Å². The summed E-state index contributed by atoms with van der Waals surface area (Å²) in [5.74, 6) is 0.158. The number of benzene rings is 1. The van der Waals surface area contributed by atoms with Crippen molar-refractivity contribution in [2.45, 2.75) is 46.1 Å². The van der Waals surface area contributed by atoms with Crippen molar-refractivity contribution in [3.8, 4) is 5.75 Å². The van der Waals surface area contributed by atoms with Gasteiger partial charge in [0.2, 0.25) is 0 Å². The molecule has 1 aromatic rings. The van der Waals surface area contributed by atoms with E-state index in [-0.39, 0.29) is 12.5 Å². The first-order chi connectivity index (χ1) is 11.7. The van der Waals surface area contributed by atoms with Crippen LogP contribution in [0.4, 0.5) is 4.79 Å². The van der Waals surface area contributed by atoms with Gasteiger partial charge in [0, 0.05) is 19.8 Å². The molecule has 6 nitrogen and oxygen atoms in total. The lowest BCUT2D eigenvalue weighted by Crippen LogP contribution is -2.49. The first-order valence-electron chi connectivity index (χ1n) is 8.54. The van der Waals surface area contributed by atoms with Crippen LogP contribution in [0.1, 0.15) is 39.2 Å². The van der Waals surface area contributed by atoms with Gasteiger partial charge in [0.15, 0.2) is 0 Å². The van der Waals surface area contributed by atoms with E-state index in [4.69, 9.17) is 14.2 Å². The Morgan fingerprint density at radius 1 is 1.24 bits per heavy atom. The summed E-state index contributed by atoms with van der Waals surface area (Å²) in [5.41, 5.74) is -0.383. The molecule has 0 bridgehead atoms. The summed E-state index contributed by atoms with van der Waals surface area (Å²) in [6.45, 7) is 8.40. The molecule has 2 rings (SSSR count). The summed E-state index contributed by atoms with van der Waals surface area (Å²) in [4.78, 5) is 24.8. The minimum Gasteiger partial charge on any atom is -0.444 e. The Balaban J connectivity index is 2.06. The molecule has 1 heterocycles. The molecule has 138 valence electrons. The molecule has 1 aliphatic heterocycles. The highest BCUT2D eigenvalue weighted by Crippen LogP contribution is 2.32. The third-order valence-corrected chi connectivity index (χ3v) is 4.05. The van der Waals surface area contributed by atoms with Crippen LogP contribution >= 0.6 is 0 Å². The van der Waals surface area contributed by atoms with E-state index in [1.165, 1.54) is 0 Å². The smallest absolute Gasteiger partial charge is 0.407 e. The second kappa shape index (κ2) is 7.87. The Labute approximate surface area is 148 Å². The minimum absolute atomic E-state index is 0.163. The first-order valence-corrected chi connectivity index (χ1v) is 8.54. The normalized spacial score (nSPS) is 16.8. The molecule has 0 saturated carbocycles. The average Bonchev–Trinajstić information content (AvgIpc) is 2.52. The van der Waals surface area contributed by atoms with Gasteiger partial charge in [-0.2, -0.15) is 0 Å². The van der Waals surface area contributed by atoms with E-state index in [0.717, 1.165) is 5.56 Å². The molecule has 25 heavy (non-hydrogen) atoms. The van der Waals surface area contributed by atoms with Crippen LogP contribution in [0.3, 0.4) is 0 Å². The number of rotatable bonds is 4. The lowest BCUT2D eigenvalue weighted by molar-refractivity contribution is -0.151. The minimum atomic E-state index is -0.807. The molecular weight excluding hydrogens is 322 g/mol. The predicted molar refractivity (Wildman–Crippen MR) is 93.5 cm³/mol. The highest BCUT2D eigenvalue weighted by atomic mass is 16.6. The second-order valence-electron chi connectivity index (χ2n) is 7.45. The van der Waals surface area contributed by atoms with Crippen molar-refractivity contribution >= 4 is 12.1 Å². The van der Waals surface area contributed by atoms with E-state index < -0.39 is 17.1 Å². The Hall–Kier alpha value is -2.08. The molecule has 1 N–H and O–H groups in total. The summed E-state index contributed by atoms with van der Waals surface area (Å²) in [5, 5.41) is 2.71. The van der Waals surface area contributed by atoms with Crippen LogP contribution in [0.5, 0.6) is 5.75 Å². The van der Waals surface area contributed by atoms with Crippen LogP contribution in [-0.2, 0) is 14.3 Å². The molecule has 1 amide bonds. The van der Waals surface area contributed by atoms with Gasteiger partial charge in [0.05, 0.1) is 5.41 Å². The Morgan fingerprint density at radius 3 is 2.52 bits per heavy atom. The van der Waals surface area contributed by atoms with Gasteiger partial charge in [0.25, 0.3) is 0 Å². The number of carbonyl (C=O) groups is 2. The summed E-state index contributed by atoms with van der Waals surface area (Å²) in [6.07, 6.45) is 0.447. The van der Waals surface area contributed by atoms with Crippen molar-refractivity contribution in [1.82, 2.24) is 5.32 Å². The van der Waals surface area contributed by atoms with Gasteiger partial charge < -0.3 is 19.5 Å². The van der Waals surface area contributed by atoms with Crippen molar-refractivity contribution in [3.63, 3.8) is 0 Å². The summed E-state index contributed by atoms with van der Waals surface area (Å²) in [7, 11) is 0. The van der Waals surface area contributed by atoms with Crippen LogP contribution in [0.2, 0.25) is 0 Å². The third kappa shape index (κ3) is 5.74. The second-order valence-corrected chi connectivity index (χ2v) is 7.45. The molecule has 0 spiro atoms. The fourth-order valence-corrected chi connectivity index (χ4v) is 2.66. The van der Waals surface area contributed by atoms with E-state index in [0.29, 0.717) is 31.8 Å². The topological polar surface area (TPSA) is 73.9 Å². The maximum absolute atomic E-state index is 12.8. The lowest BCUT2D eigenvalue weighted by Gasteiger charge is -2.35. The van der Waals surface area contributed by atoms with Gasteiger partial charge in [-0.05, 0) is 58.2 Å². The molecular formula is C19H27NO5. The van der Waals surface area contributed by atoms with Crippen molar-refractivity contribution in [2.75, 3.05) is 19.8 Å². The van der Waals surface area contributed by atoms with Crippen molar-refractivity contribution in [3.05, 3.63) is 29.8 Å². The summed E-state index contributed by atoms with van der Waals surface area (Å²) >= 11 is 0. The van der Waals surface area contributed by atoms with Crippen molar-refractivity contribution in [2.24, 2.45) is 5.41 Å². The zero-order chi connectivity index (χ0) is 18.5. The number of amides is 1. The van der Waals surface area contributed by atoms with Gasteiger partial charge in [-0.3, -0.25) is 4.79 Å². The molecule has 1 aliphatic rings. The van der Waals surface area contributed by atoms with Crippen LogP contribution < -0.4 is 10.1 Å². The van der Waals surface area contributed by atoms with Gasteiger partial charge in [-0.15, -0.1) is 0 Å². The van der Waals surface area contributed by atoms with Crippen LogP contribution in [0.25, 0.3) is 0 Å². The number of ether oxygens (including phenoxy) is 3. The number of nitrogens with one attached hydrogen (secondary N) is 1. The van der Waals surface area contributed by atoms with Crippen LogP contribution in [0, 0.1) is 12.3 Å². The fourth-order valence-electron chi connectivity index (χ4n) is 2.66. The number of aryl methyl sites for hydroxylation is 1. The maximum atomic E-state index is 12.8. The van der Waals surface area contributed by atoms with Gasteiger partial charge in [-0.1, -0.05) is 12.1 Å². The van der Waals surface area contributed by atoms with E-state index in [9.17, 15) is 9.59 Å². The summed E-state index contributed by atoms with van der Waals surface area (Å²) < 4.78 is 16.2. The Kier molecular flexibility index (Phi) is 6.06. The standard InChI is InChI=1S/C19H27NO5/c1-14-6-5-7-15(12-14)24-16(21)19(8-10-23-11-9-19)13-20-17(22)25-18(2,3)4/h5-7,12H,8-11,13H2,1-4H3,(H,20,22). The van der Waals surface area contributed by atoms with Crippen LogP contribution in [-0.4, -0.2) is 37.4 Å². The highest BCUT2D eigenvalue weighted by molar-refractivity contribution is 5.80. The Morgan fingerprint density at radius 2 is 1.92 bits per heavy atom. The number of hydrogen-bond donors (Lipinski definition) is 1. The molecule has 1 saturated heterocycles. The van der Waals surface area contributed by atoms with Gasteiger partial charge in [-0.25, -0.2) is 4.79 Å². The van der Waals surface area contributed by atoms with E-state index in [1.807, 2.05) is 25.1 Å². The highest BCUT2D eigenvalue weighted by Gasteiger charge is 2.42. The summed E-state index contributed by atoms with van der Waals surface area (Å²) in [6, 6.07) is 7.34. The van der Waals surface area contributed by atoms with Crippen LogP contribution in [0.15, 0.2) is 24.3 Å². The predicted octanol–water partition coefficient (Wildman–Crippen LogP) is 3.22. The van der Waals surface area contributed by atoms with Gasteiger partial charge >= 0.3 is 12.1 Å². The van der Waals surface area contributed by atoms with Gasteiger partial charge in [0.1, 0.15) is 11.4 Å². The maximum Gasteiger partial charge on any atom is 0.407 e. The third-order valence-electron chi connectivity index (χ3n) is 4.05. The largest absolute Gasteiger partial charge is 0.444 e. The molecule has 0 radical (unpaired) electrons. The number of alkyl carbamates (subject to hydrolysis) is 1. The average molecular weight is 349 g/mol. The zero-order valence-electron chi connectivity index (χ0n) is 15.4. The molecule has 0 aromatic heterocycles. The number of carbonyl (C=O) groups excluding carboxylic acids is 2. The quantitative estimate of drug-likeness (QED) is 0.667. The molecule has 0 unspecified atom stereocenters. The Bertz CT molecular complexity index is 614. The molecule has 0 aliphatic carbocycles. The zero-order valence-corrected chi connectivity index (χ0v) is 15.4. The van der Waals surface area contributed by atoms with E-state index in [2.05, 4.69) is 5.32 Å². The molecule has 6 heteroatoms. The molecule has 1 fully saturated rings. The lowest BCUT2D eigenvalue weighted by atomic mass is 9.80. The van der Waals surface area contributed by atoms with Crippen molar-refractivity contribution < 1.29 is 23.8 Å². The van der Waals surface area contributed by atoms with E-state index >= 15 is 0 Å².